The van der Waals surface area contributed by atoms with Crippen LogP contribution in [0.15, 0.2) is 60.9 Å². The summed E-state index contributed by atoms with van der Waals surface area (Å²) in [5, 5.41) is 12.1. The van der Waals surface area contributed by atoms with Crippen molar-refractivity contribution in [2.24, 2.45) is 0 Å². The van der Waals surface area contributed by atoms with Gasteiger partial charge in [0.15, 0.2) is 11.5 Å². The van der Waals surface area contributed by atoms with Gasteiger partial charge in [0.05, 0.1) is 18.0 Å². The van der Waals surface area contributed by atoms with Crippen LogP contribution in [-0.4, -0.2) is 28.8 Å². The number of pyridine rings is 1. The Balaban J connectivity index is 1.59. The first-order chi connectivity index (χ1) is 14.5. The Kier molecular flexibility index (Phi) is 5.34. The molecular formula is C23H20N2O5. The first kappa shape index (κ1) is 19.4. The van der Waals surface area contributed by atoms with E-state index in [1.165, 1.54) is 6.20 Å². The van der Waals surface area contributed by atoms with Crippen LogP contribution in [0.2, 0.25) is 0 Å². The summed E-state index contributed by atoms with van der Waals surface area (Å²) in [4.78, 5) is 28.4. The number of aromatic nitrogens is 1. The maximum Gasteiger partial charge on any atom is 0.305 e. The molecule has 1 amide bonds. The van der Waals surface area contributed by atoms with Crippen LogP contribution >= 0.6 is 0 Å². The third-order valence-corrected chi connectivity index (χ3v) is 4.95. The van der Waals surface area contributed by atoms with E-state index in [0.717, 1.165) is 22.3 Å². The van der Waals surface area contributed by atoms with E-state index in [9.17, 15) is 14.7 Å². The highest BCUT2D eigenvalue weighted by Crippen LogP contribution is 2.35. The molecule has 2 heterocycles. The SMILES string of the molecule is Cc1ccccc1[C@H](CC(=O)O)NC(=O)c1cncc(-c2ccc3c(c2)OCO3)c1. The highest BCUT2D eigenvalue weighted by atomic mass is 16.7. The highest BCUT2D eigenvalue weighted by molar-refractivity contribution is 5.95. The Morgan fingerprint density at radius 1 is 1.07 bits per heavy atom. The summed E-state index contributed by atoms with van der Waals surface area (Å²) in [5.74, 6) is -0.0610. The van der Waals surface area contributed by atoms with Crippen molar-refractivity contribution >= 4 is 11.9 Å². The maximum absolute atomic E-state index is 12.9. The predicted octanol–water partition coefficient (Wildman–Crippen LogP) is 3.73. The van der Waals surface area contributed by atoms with Gasteiger partial charge in [0.25, 0.3) is 5.91 Å². The van der Waals surface area contributed by atoms with E-state index in [0.29, 0.717) is 17.1 Å². The summed E-state index contributed by atoms with van der Waals surface area (Å²) in [6.45, 7) is 2.07. The molecule has 7 nitrogen and oxygen atoms in total. The third-order valence-electron chi connectivity index (χ3n) is 4.95. The van der Waals surface area contributed by atoms with Crippen molar-refractivity contribution in [1.82, 2.24) is 10.3 Å². The second-order valence-electron chi connectivity index (χ2n) is 7.01. The average molecular weight is 404 g/mol. The highest BCUT2D eigenvalue weighted by Gasteiger charge is 2.21. The second-order valence-corrected chi connectivity index (χ2v) is 7.01. The van der Waals surface area contributed by atoms with Crippen molar-refractivity contribution in [3.63, 3.8) is 0 Å². The van der Waals surface area contributed by atoms with Gasteiger partial charge in [-0.15, -0.1) is 0 Å². The monoisotopic (exact) mass is 404 g/mol. The van der Waals surface area contributed by atoms with Crippen molar-refractivity contribution in [2.45, 2.75) is 19.4 Å². The Bertz CT molecular complexity index is 1110. The Hall–Kier alpha value is -3.87. The lowest BCUT2D eigenvalue weighted by atomic mass is 9.98. The molecule has 2 N–H and O–H groups in total. The first-order valence-corrected chi connectivity index (χ1v) is 9.44. The molecule has 0 bridgehead atoms. The fourth-order valence-electron chi connectivity index (χ4n) is 3.43. The molecule has 7 heteroatoms. The summed E-state index contributed by atoms with van der Waals surface area (Å²) >= 11 is 0. The molecule has 1 aromatic heterocycles. The molecule has 0 fully saturated rings. The number of hydrogen-bond donors (Lipinski definition) is 2. The molecule has 0 unspecified atom stereocenters. The normalized spacial score (nSPS) is 13.0. The van der Waals surface area contributed by atoms with Gasteiger partial charge in [-0.25, -0.2) is 0 Å². The number of nitrogens with one attached hydrogen (secondary N) is 1. The molecule has 4 rings (SSSR count). The van der Waals surface area contributed by atoms with Crippen LogP contribution in [0.5, 0.6) is 11.5 Å². The van der Waals surface area contributed by atoms with Crippen LogP contribution < -0.4 is 14.8 Å². The van der Waals surface area contributed by atoms with Crippen LogP contribution in [-0.2, 0) is 4.79 Å². The topological polar surface area (TPSA) is 97.8 Å². The van der Waals surface area contributed by atoms with Crippen molar-refractivity contribution < 1.29 is 24.2 Å². The van der Waals surface area contributed by atoms with E-state index in [4.69, 9.17) is 9.47 Å². The summed E-state index contributed by atoms with van der Waals surface area (Å²) in [7, 11) is 0. The number of benzene rings is 2. The minimum Gasteiger partial charge on any atom is -0.481 e. The quantitative estimate of drug-likeness (QED) is 0.650. The van der Waals surface area contributed by atoms with Gasteiger partial charge >= 0.3 is 5.97 Å². The summed E-state index contributed by atoms with van der Waals surface area (Å²) in [6.07, 6.45) is 2.90. The lowest BCUT2D eigenvalue weighted by molar-refractivity contribution is -0.137. The number of aliphatic carboxylic acids is 1. The second kappa shape index (κ2) is 8.24. The van der Waals surface area contributed by atoms with Gasteiger partial charge in [-0.1, -0.05) is 30.3 Å². The Morgan fingerprint density at radius 2 is 1.87 bits per heavy atom. The molecule has 2 aromatic carbocycles. The fraction of sp³-hybridized carbons (Fsp3) is 0.174. The number of carboxylic acid groups (broad SMARTS) is 1. The van der Waals surface area contributed by atoms with Crippen LogP contribution in [0.25, 0.3) is 11.1 Å². The zero-order valence-corrected chi connectivity index (χ0v) is 16.3. The van der Waals surface area contributed by atoms with Crippen molar-refractivity contribution in [3.8, 4) is 22.6 Å². The molecule has 152 valence electrons. The first-order valence-electron chi connectivity index (χ1n) is 9.44. The number of rotatable bonds is 6. The van der Waals surface area contributed by atoms with E-state index in [1.807, 2.05) is 49.4 Å². The number of nitrogens with zero attached hydrogens (tertiary/aromatic N) is 1. The van der Waals surface area contributed by atoms with E-state index >= 15 is 0 Å². The van der Waals surface area contributed by atoms with Crippen LogP contribution in [0.1, 0.15) is 33.9 Å². The van der Waals surface area contributed by atoms with E-state index in [2.05, 4.69) is 10.3 Å². The van der Waals surface area contributed by atoms with Gasteiger partial charge in [0, 0.05) is 18.0 Å². The lowest BCUT2D eigenvalue weighted by Gasteiger charge is -2.19. The summed E-state index contributed by atoms with van der Waals surface area (Å²) < 4.78 is 10.7. The fourth-order valence-corrected chi connectivity index (χ4v) is 3.43. The minimum absolute atomic E-state index is 0.184. The summed E-state index contributed by atoms with van der Waals surface area (Å²) in [6, 6.07) is 14.0. The van der Waals surface area contributed by atoms with E-state index in [1.54, 1.807) is 12.3 Å². The number of carbonyl (C=O) groups excluding carboxylic acids is 1. The van der Waals surface area contributed by atoms with Gasteiger partial charge in [-0.05, 0) is 41.8 Å². The average Bonchev–Trinajstić information content (AvgIpc) is 3.21. The molecule has 0 saturated carbocycles. The standard InChI is InChI=1S/C23H20N2O5/c1-14-4-2-3-5-18(14)19(10-22(26)27)25-23(28)17-8-16(11-24-12-17)15-6-7-20-21(9-15)30-13-29-20/h2-9,11-12,19H,10,13H2,1H3,(H,25,28)(H,26,27)/t19-/m0/s1. The van der Waals surface area contributed by atoms with E-state index < -0.39 is 12.0 Å². The molecule has 0 aliphatic carbocycles. The van der Waals surface area contributed by atoms with Crippen molar-refractivity contribution in [3.05, 3.63) is 77.6 Å². The molecule has 1 aliphatic heterocycles. The number of hydrogen-bond acceptors (Lipinski definition) is 5. The zero-order valence-electron chi connectivity index (χ0n) is 16.3. The Labute approximate surface area is 173 Å². The molecule has 0 radical (unpaired) electrons. The molecule has 1 atom stereocenters. The molecule has 30 heavy (non-hydrogen) atoms. The third kappa shape index (κ3) is 4.10. The van der Waals surface area contributed by atoms with Crippen LogP contribution in [0.4, 0.5) is 0 Å². The largest absolute Gasteiger partial charge is 0.481 e. The number of ether oxygens (including phenoxy) is 2. The zero-order chi connectivity index (χ0) is 21.1. The number of amides is 1. The van der Waals surface area contributed by atoms with Gasteiger partial charge < -0.3 is 19.9 Å². The van der Waals surface area contributed by atoms with Crippen LogP contribution in [0.3, 0.4) is 0 Å². The number of fused-ring (bicyclic) bond motifs is 1. The Morgan fingerprint density at radius 3 is 2.67 bits per heavy atom. The van der Waals surface area contributed by atoms with Gasteiger partial charge in [0.2, 0.25) is 6.79 Å². The molecule has 0 saturated heterocycles. The van der Waals surface area contributed by atoms with E-state index in [-0.39, 0.29) is 19.1 Å². The lowest BCUT2D eigenvalue weighted by Crippen LogP contribution is -2.30. The molecular weight excluding hydrogens is 384 g/mol. The summed E-state index contributed by atoms with van der Waals surface area (Å²) in [5.41, 5.74) is 3.60. The molecule has 1 aliphatic rings. The van der Waals surface area contributed by atoms with Gasteiger partial charge in [0.1, 0.15) is 0 Å². The van der Waals surface area contributed by atoms with Gasteiger partial charge in [-0.3, -0.25) is 14.6 Å². The van der Waals surface area contributed by atoms with Crippen LogP contribution in [0, 0.1) is 6.92 Å². The predicted molar refractivity (Wildman–Crippen MR) is 109 cm³/mol. The number of carboxylic acids is 1. The number of aryl methyl sites for hydroxylation is 1. The van der Waals surface area contributed by atoms with Crippen molar-refractivity contribution in [1.29, 1.82) is 0 Å². The number of carbonyl (C=O) groups is 2. The molecule has 3 aromatic rings. The maximum atomic E-state index is 12.9. The minimum atomic E-state index is -0.990. The van der Waals surface area contributed by atoms with Crippen molar-refractivity contribution in [2.75, 3.05) is 6.79 Å². The van der Waals surface area contributed by atoms with Gasteiger partial charge in [-0.2, -0.15) is 0 Å². The smallest absolute Gasteiger partial charge is 0.305 e. The molecule has 0 spiro atoms.